The largest absolute Gasteiger partial charge is 0.495 e. The molecule has 0 aliphatic carbocycles. The molecule has 1 amide bonds. The lowest BCUT2D eigenvalue weighted by atomic mass is 10.2. The summed E-state index contributed by atoms with van der Waals surface area (Å²) in [4.78, 5) is 30.7. The van der Waals surface area contributed by atoms with Crippen LogP contribution >= 0.6 is 34.7 Å². The Morgan fingerprint density at radius 1 is 1.39 bits per heavy atom. The first-order valence-electron chi connectivity index (χ1n) is 8.32. The molecule has 1 aliphatic heterocycles. The van der Waals surface area contributed by atoms with Crippen molar-refractivity contribution in [2.24, 2.45) is 4.99 Å². The van der Waals surface area contributed by atoms with Crippen molar-refractivity contribution in [2.45, 2.75) is 6.92 Å². The predicted molar refractivity (Wildman–Crippen MR) is 114 cm³/mol. The number of methoxy groups -OCH3 is 1. The number of esters is 1. The molecule has 146 valence electrons. The van der Waals surface area contributed by atoms with Gasteiger partial charge in [0.15, 0.2) is 5.17 Å². The molecular formula is C19H17ClN2O4S2. The highest BCUT2D eigenvalue weighted by atomic mass is 35.5. The van der Waals surface area contributed by atoms with Gasteiger partial charge in [0.05, 0.1) is 30.2 Å². The Morgan fingerprint density at radius 3 is 2.86 bits per heavy atom. The van der Waals surface area contributed by atoms with Crippen molar-refractivity contribution in [1.82, 2.24) is 0 Å². The Hall–Kier alpha value is -2.29. The van der Waals surface area contributed by atoms with Gasteiger partial charge in [0.25, 0.3) is 5.91 Å². The molecule has 1 aliphatic rings. The van der Waals surface area contributed by atoms with Gasteiger partial charge in [0, 0.05) is 0 Å². The Morgan fingerprint density at radius 2 is 2.21 bits per heavy atom. The van der Waals surface area contributed by atoms with E-state index in [-0.39, 0.29) is 23.3 Å². The van der Waals surface area contributed by atoms with Gasteiger partial charge < -0.3 is 9.47 Å². The van der Waals surface area contributed by atoms with E-state index in [1.54, 1.807) is 31.2 Å². The molecule has 3 rings (SSSR count). The summed E-state index contributed by atoms with van der Waals surface area (Å²) in [6.45, 7) is 2.04. The molecule has 0 unspecified atom stereocenters. The molecule has 28 heavy (non-hydrogen) atoms. The van der Waals surface area contributed by atoms with E-state index < -0.39 is 0 Å². The number of ether oxygens (including phenoxy) is 2. The maximum Gasteiger partial charge on any atom is 0.316 e. The summed E-state index contributed by atoms with van der Waals surface area (Å²) in [5.74, 6) is -0.111. The number of carbonyl (C=O) groups excluding carboxylic acids is 2. The Balaban J connectivity index is 1.93. The zero-order chi connectivity index (χ0) is 20.1. The number of thiophene rings is 1. The number of amidine groups is 1. The van der Waals surface area contributed by atoms with Gasteiger partial charge in [-0.1, -0.05) is 23.4 Å². The first-order chi connectivity index (χ1) is 13.5. The highest BCUT2D eigenvalue weighted by Gasteiger charge is 2.33. The van der Waals surface area contributed by atoms with Gasteiger partial charge in [-0.2, -0.15) is 11.3 Å². The zero-order valence-corrected chi connectivity index (χ0v) is 17.6. The van der Waals surface area contributed by atoms with Crippen molar-refractivity contribution in [2.75, 3.05) is 24.4 Å². The van der Waals surface area contributed by atoms with Crippen molar-refractivity contribution in [3.63, 3.8) is 0 Å². The normalized spacial score (nSPS) is 15.1. The van der Waals surface area contributed by atoms with Gasteiger partial charge in [0.2, 0.25) is 0 Å². The third kappa shape index (κ3) is 4.57. The molecule has 6 nitrogen and oxygen atoms in total. The van der Waals surface area contributed by atoms with Crippen LogP contribution in [0.2, 0.25) is 5.02 Å². The summed E-state index contributed by atoms with van der Waals surface area (Å²) >= 11 is 8.90. The van der Waals surface area contributed by atoms with E-state index in [4.69, 9.17) is 21.1 Å². The second-order valence-electron chi connectivity index (χ2n) is 5.53. The fourth-order valence-corrected chi connectivity index (χ4v) is 4.14. The lowest BCUT2D eigenvalue weighted by molar-refractivity contribution is -0.139. The summed E-state index contributed by atoms with van der Waals surface area (Å²) in [5, 5.41) is 4.61. The van der Waals surface area contributed by atoms with Crippen LogP contribution in [0.5, 0.6) is 5.75 Å². The molecule has 0 N–H and O–H groups in total. The van der Waals surface area contributed by atoms with Crippen LogP contribution in [0.3, 0.4) is 0 Å². The average molecular weight is 437 g/mol. The van der Waals surface area contributed by atoms with Crippen LogP contribution in [0.1, 0.15) is 12.5 Å². The van der Waals surface area contributed by atoms with Crippen LogP contribution in [0.25, 0.3) is 6.08 Å². The number of thioether (sulfide) groups is 1. The van der Waals surface area contributed by atoms with Crippen LogP contribution in [0.15, 0.2) is 45.7 Å². The van der Waals surface area contributed by atoms with E-state index in [9.17, 15) is 9.59 Å². The van der Waals surface area contributed by atoms with E-state index in [0.717, 1.165) is 17.3 Å². The quantitative estimate of drug-likeness (QED) is 0.494. The van der Waals surface area contributed by atoms with Crippen LogP contribution in [0, 0.1) is 0 Å². The van der Waals surface area contributed by atoms with Crippen LogP contribution < -0.4 is 9.64 Å². The third-order valence-electron chi connectivity index (χ3n) is 3.69. The highest BCUT2D eigenvalue weighted by Crippen LogP contribution is 2.34. The topological polar surface area (TPSA) is 68.2 Å². The second-order valence-corrected chi connectivity index (χ2v) is 7.66. The van der Waals surface area contributed by atoms with Crippen molar-refractivity contribution >= 4 is 63.5 Å². The number of carbonyl (C=O) groups is 2. The Kier molecular flexibility index (Phi) is 6.77. The Labute approximate surface area is 175 Å². The number of anilines is 1. The first kappa shape index (κ1) is 20.4. The van der Waals surface area contributed by atoms with Crippen molar-refractivity contribution in [3.8, 4) is 5.75 Å². The summed E-state index contributed by atoms with van der Waals surface area (Å²) in [6.07, 6.45) is 1.72. The van der Waals surface area contributed by atoms with Crippen molar-refractivity contribution in [1.29, 1.82) is 0 Å². The maximum atomic E-state index is 13.0. The minimum Gasteiger partial charge on any atom is -0.495 e. The first-order valence-corrected chi connectivity index (χ1v) is 10.6. The number of nitrogens with zero attached hydrogens (tertiary/aromatic N) is 2. The zero-order valence-electron chi connectivity index (χ0n) is 15.2. The number of aliphatic imine (C=N–C) groups is 1. The molecule has 0 atom stereocenters. The molecule has 9 heteroatoms. The Bertz CT molecular complexity index is 941. The summed E-state index contributed by atoms with van der Waals surface area (Å²) < 4.78 is 10.1. The second kappa shape index (κ2) is 9.27. The monoisotopic (exact) mass is 436 g/mol. The van der Waals surface area contributed by atoms with Gasteiger partial charge >= 0.3 is 5.97 Å². The van der Waals surface area contributed by atoms with Gasteiger partial charge in [0.1, 0.15) is 11.4 Å². The number of benzene rings is 1. The molecule has 1 aromatic carbocycles. The van der Waals surface area contributed by atoms with Gasteiger partial charge in [-0.05, 0) is 53.6 Å². The minimum atomic E-state index is -0.370. The number of rotatable bonds is 6. The lowest BCUT2D eigenvalue weighted by Gasteiger charge is -2.18. The van der Waals surface area contributed by atoms with Gasteiger partial charge in [-0.3, -0.25) is 14.5 Å². The molecule has 0 bridgehead atoms. The maximum absolute atomic E-state index is 13.0. The fourth-order valence-electron chi connectivity index (χ4n) is 2.46. The number of halogens is 1. The van der Waals surface area contributed by atoms with Crippen LogP contribution in [0.4, 0.5) is 5.69 Å². The molecule has 2 heterocycles. The van der Waals surface area contributed by atoms with Gasteiger partial charge in [-0.25, -0.2) is 4.99 Å². The van der Waals surface area contributed by atoms with Crippen LogP contribution in [-0.2, 0) is 14.3 Å². The van der Waals surface area contributed by atoms with E-state index in [1.165, 1.54) is 23.3 Å². The molecular weight excluding hydrogens is 420 g/mol. The molecule has 0 radical (unpaired) electrons. The standard InChI is InChI=1S/C19H17ClN2O4S2/c1-3-26-17(23)11-28-19-21-15(8-12-6-7-27-10-12)18(24)22(19)13-4-5-16(25-2)14(20)9-13/h4-10H,3,11H2,1-2H3. The van der Waals surface area contributed by atoms with E-state index in [2.05, 4.69) is 4.99 Å². The number of hydrogen-bond donors (Lipinski definition) is 0. The van der Waals surface area contributed by atoms with Crippen molar-refractivity contribution < 1.29 is 19.1 Å². The van der Waals surface area contributed by atoms with Crippen LogP contribution in [-0.4, -0.2) is 36.5 Å². The summed E-state index contributed by atoms with van der Waals surface area (Å²) in [5.41, 5.74) is 1.72. The summed E-state index contributed by atoms with van der Waals surface area (Å²) in [7, 11) is 1.52. The number of amides is 1. The molecule has 0 saturated heterocycles. The molecule has 1 aromatic heterocycles. The van der Waals surface area contributed by atoms with Gasteiger partial charge in [-0.15, -0.1) is 0 Å². The third-order valence-corrected chi connectivity index (χ3v) is 5.60. The lowest BCUT2D eigenvalue weighted by Crippen LogP contribution is -2.31. The predicted octanol–water partition coefficient (Wildman–Crippen LogP) is 4.45. The molecule has 0 saturated carbocycles. The van der Waals surface area contributed by atoms with Crippen molar-refractivity contribution in [3.05, 3.63) is 51.3 Å². The molecule has 2 aromatic rings. The highest BCUT2D eigenvalue weighted by molar-refractivity contribution is 8.14. The fraction of sp³-hybridized carbons (Fsp3) is 0.211. The molecule has 0 fully saturated rings. The van der Waals surface area contributed by atoms with E-state index >= 15 is 0 Å². The minimum absolute atomic E-state index is 0.0477. The summed E-state index contributed by atoms with van der Waals surface area (Å²) in [6, 6.07) is 6.93. The van der Waals surface area contributed by atoms with E-state index in [0.29, 0.717) is 28.2 Å². The average Bonchev–Trinajstić information content (AvgIpc) is 3.29. The molecule has 0 spiro atoms. The smallest absolute Gasteiger partial charge is 0.316 e. The SMILES string of the molecule is CCOC(=O)CSC1=NC(=Cc2ccsc2)C(=O)N1c1ccc(OC)c(Cl)c1. The number of hydrogen-bond acceptors (Lipinski definition) is 7. The van der Waals surface area contributed by atoms with E-state index in [1.807, 2.05) is 16.8 Å².